The Morgan fingerprint density at radius 3 is 1.25 bits per heavy atom. The summed E-state index contributed by atoms with van der Waals surface area (Å²) in [6, 6.07) is 32.1. The first-order valence-electron chi connectivity index (χ1n) is 12.9. The summed E-state index contributed by atoms with van der Waals surface area (Å²) in [7, 11) is 0. The Kier molecular flexibility index (Phi) is 6.03. The summed E-state index contributed by atoms with van der Waals surface area (Å²) >= 11 is 0. The standard InChI is InChI=1S/C34H22N6/c1-3-11-31-27(9-1)33(25-13-15-29(37-21-25)23-7-5-17-35-19-23)40-32-12-4-2-10-28(32)34(39-31)26-14-16-30(38-22-26)24-8-6-18-36-20-24/h1-22H/b33-27?,34-28?,39-31?,39-34-,40-32?,40-33-. The number of hydrogen-bond donors (Lipinski definition) is 0. The minimum absolute atomic E-state index is 0.820. The van der Waals surface area contributed by atoms with E-state index in [1.54, 1.807) is 12.4 Å². The van der Waals surface area contributed by atoms with E-state index in [0.29, 0.717) is 0 Å². The molecule has 6 heteroatoms. The fraction of sp³-hybridized carbons (Fsp3) is 0. The number of hydrogen-bond acceptors (Lipinski definition) is 6. The lowest BCUT2D eigenvalue weighted by Crippen LogP contribution is -2.10. The first kappa shape index (κ1) is 23.5. The van der Waals surface area contributed by atoms with E-state index in [0.717, 1.165) is 67.6 Å². The predicted octanol–water partition coefficient (Wildman–Crippen LogP) is 7.25. The Morgan fingerprint density at radius 2 is 0.850 bits per heavy atom. The number of nitrogens with zero attached hydrogens (tertiary/aromatic N) is 6. The first-order valence-corrected chi connectivity index (χ1v) is 12.9. The van der Waals surface area contributed by atoms with E-state index in [-0.39, 0.29) is 0 Å². The van der Waals surface area contributed by atoms with Crippen molar-refractivity contribution in [1.29, 1.82) is 0 Å². The number of fused-ring (bicyclic) bond motifs is 2. The number of pyridine rings is 4. The van der Waals surface area contributed by atoms with Crippen molar-refractivity contribution in [3.05, 3.63) is 156 Å². The van der Waals surface area contributed by atoms with Crippen molar-refractivity contribution in [3.8, 4) is 22.5 Å². The smallest absolute Gasteiger partial charge is 0.0819 e. The van der Waals surface area contributed by atoms with Crippen molar-refractivity contribution in [2.75, 3.05) is 0 Å². The van der Waals surface area contributed by atoms with Gasteiger partial charge in [-0.1, -0.05) is 36.4 Å². The summed E-state index contributed by atoms with van der Waals surface area (Å²) in [6.45, 7) is 0. The normalized spacial score (nSPS) is 14.9. The highest BCUT2D eigenvalue weighted by molar-refractivity contribution is 6.22. The molecule has 0 spiro atoms. The van der Waals surface area contributed by atoms with Crippen LogP contribution in [0, 0.1) is 0 Å². The van der Waals surface area contributed by atoms with E-state index >= 15 is 0 Å². The second kappa shape index (κ2) is 10.3. The number of benzene rings is 2. The SMILES string of the molecule is c1cncc(-c2ccc(/C3=N/c4ccccc4/C(c4ccc(-c5cccnc5)nc4)=N\c4ccccc43)cn2)c1. The van der Waals surface area contributed by atoms with E-state index in [1.807, 2.05) is 97.6 Å². The van der Waals surface area contributed by atoms with E-state index in [4.69, 9.17) is 20.0 Å². The third-order valence-electron chi connectivity index (χ3n) is 6.77. The van der Waals surface area contributed by atoms with Gasteiger partial charge in [0.1, 0.15) is 0 Å². The fourth-order valence-electron chi connectivity index (χ4n) is 4.78. The molecule has 7 rings (SSSR count). The summed E-state index contributed by atoms with van der Waals surface area (Å²) in [5, 5.41) is 0. The Morgan fingerprint density at radius 1 is 0.375 bits per heavy atom. The zero-order chi connectivity index (χ0) is 26.7. The van der Waals surface area contributed by atoms with E-state index in [1.165, 1.54) is 0 Å². The molecule has 0 unspecified atom stereocenters. The molecule has 2 aromatic carbocycles. The molecule has 0 bridgehead atoms. The highest BCUT2D eigenvalue weighted by atomic mass is 14.8. The number of aromatic nitrogens is 4. The molecular weight excluding hydrogens is 492 g/mol. The van der Waals surface area contributed by atoms with Crippen LogP contribution in [0.25, 0.3) is 22.5 Å². The van der Waals surface area contributed by atoms with Crippen molar-refractivity contribution >= 4 is 22.8 Å². The second-order valence-electron chi connectivity index (χ2n) is 9.30. The molecule has 0 fully saturated rings. The van der Waals surface area contributed by atoms with Crippen molar-refractivity contribution in [2.24, 2.45) is 9.98 Å². The molecule has 0 saturated heterocycles. The maximum atomic E-state index is 5.21. The van der Waals surface area contributed by atoms with Gasteiger partial charge in [0, 0.05) is 70.6 Å². The molecule has 188 valence electrons. The van der Waals surface area contributed by atoms with Gasteiger partial charge in [0.15, 0.2) is 0 Å². The molecule has 40 heavy (non-hydrogen) atoms. The third-order valence-corrected chi connectivity index (χ3v) is 6.77. The van der Waals surface area contributed by atoms with Gasteiger partial charge in [-0.25, -0.2) is 9.98 Å². The number of rotatable bonds is 4. The molecule has 5 heterocycles. The first-order chi connectivity index (χ1) is 19.8. The lowest BCUT2D eigenvalue weighted by molar-refractivity contribution is 1.27. The summed E-state index contributed by atoms with van der Waals surface area (Å²) < 4.78 is 0. The minimum atomic E-state index is 0.820. The Labute approximate surface area is 231 Å². The van der Waals surface area contributed by atoms with Crippen LogP contribution >= 0.6 is 0 Å². The van der Waals surface area contributed by atoms with Crippen LogP contribution in [-0.2, 0) is 0 Å². The second-order valence-corrected chi connectivity index (χ2v) is 9.30. The van der Waals surface area contributed by atoms with Gasteiger partial charge >= 0.3 is 0 Å². The van der Waals surface area contributed by atoms with E-state index < -0.39 is 0 Å². The van der Waals surface area contributed by atoms with Gasteiger partial charge < -0.3 is 0 Å². The van der Waals surface area contributed by atoms with Gasteiger partial charge in [-0.05, 0) is 60.7 Å². The maximum absolute atomic E-state index is 5.21. The van der Waals surface area contributed by atoms with Crippen LogP contribution < -0.4 is 0 Å². The topological polar surface area (TPSA) is 76.3 Å². The van der Waals surface area contributed by atoms with Gasteiger partial charge in [-0.3, -0.25) is 19.9 Å². The van der Waals surface area contributed by atoms with Crippen LogP contribution in [0.1, 0.15) is 22.3 Å². The van der Waals surface area contributed by atoms with Crippen molar-refractivity contribution in [1.82, 2.24) is 19.9 Å². The lowest BCUT2D eigenvalue weighted by atomic mass is 9.96. The van der Waals surface area contributed by atoms with Crippen LogP contribution in [0.2, 0.25) is 0 Å². The van der Waals surface area contributed by atoms with Crippen LogP contribution in [0.4, 0.5) is 11.4 Å². The molecule has 0 aliphatic carbocycles. The quantitative estimate of drug-likeness (QED) is 0.248. The molecule has 6 aromatic rings. The van der Waals surface area contributed by atoms with Crippen LogP contribution in [-0.4, -0.2) is 31.4 Å². The Hall–Kier alpha value is -5.62. The minimum Gasteiger partial charge on any atom is -0.264 e. The molecule has 0 amide bonds. The van der Waals surface area contributed by atoms with E-state index in [2.05, 4.69) is 34.2 Å². The van der Waals surface area contributed by atoms with Gasteiger partial charge in [-0.2, -0.15) is 0 Å². The molecule has 6 nitrogen and oxygen atoms in total. The monoisotopic (exact) mass is 514 g/mol. The molecule has 0 radical (unpaired) electrons. The summed E-state index contributed by atoms with van der Waals surface area (Å²) in [5.74, 6) is 0. The van der Waals surface area contributed by atoms with Crippen LogP contribution in [0.3, 0.4) is 0 Å². The third kappa shape index (κ3) is 4.48. The summed E-state index contributed by atoms with van der Waals surface area (Å²) in [4.78, 5) is 28.3. The maximum Gasteiger partial charge on any atom is 0.0819 e. The zero-order valence-electron chi connectivity index (χ0n) is 21.4. The molecule has 0 N–H and O–H groups in total. The van der Waals surface area contributed by atoms with Crippen molar-refractivity contribution in [3.63, 3.8) is 0 Å². The average Bonchev–Trinajstić information content (AvgIpc) is 3.03. The highest BCUT2D eigenvalue weighted by Gasteiger charge is 2.20. The van der Waals surface area contributed by atoms with Crippen LogP contribution in [0.5, 0.6) is 0 Å². The van der Waals surface area contributed by atoms with Crippen molar-refractivity contribution < 1.29 is 0 Å². The molecule has 1 aliphatic heterocycles. The van der Waals surface area contributed by atoms with Gasteiger partial charge in [0.05, 0.1) is 34.2 Å². The van der Waals surface area contributed by atoms with Crippen LogP contribution in [0.15, 0.2) is 144 Å². The number of aliphatic imine (C=N–C) groups is 2. The largest absolute Gasteiger partial charge is 0.264 e. The van der Waals surface area contributed by atoms with Gasteiger partial charge in [-0.15, -0.1) is 0 Å². The molecule has 4 aromatic heterocycles. The van der Waals surface area contributed by atoms with Gasteiger partial charge in [0.2, 0.25) is 0 Å². The van der Waals surface area contributed by atoms with Crippen molar-refractivity contribution in [2.45, 2.75) is 0 Å². The Bertz CT molecular complexity index is 1720. The zero-order valence-corrected chi connectivity index (χ0v) is 21.4. The highest BCUT2D eigenvalue weighted by Crippen LogP contribution is 2.33. The fourth-order valence-corrected chi connectivity index (χ4v) is 4.78. The number of para-hydroxylation sites is 2. The summed E-state index contributed by atoms with van der Waals surface area (Å²) in [6.07, 6.45) is 10.9. The molecule has 1 aliphatic rings. The Balaban J connectivity index is 1.34. The van der Waals surface area contributed by atoms with E-state index in [9.17, 15) is 0 Å². The molecule has 0 saturated carbocycles. The lowest BCUT2D eigenvalue weighted by Gasteiger charge is -2.18. The summed E-state index contributed by atoms with van der Waals surface area (Å²) in [5.41, 5.74) is 10.7. The molecule has 0 atom stereocenters. The average molecular weight is 515 g/mol. The molecular formula is C34H22N6. The van der Waals surface area contributed by atoms with Gasteiger partial charge in [0.25, 0.3) is 0 Å². The predicted molar refractivity (Wildman–Crippen MR) is 158 cm³/mol.